The molecular formula is C23H30BNO6. The van der Waals surface area contributed by atoms with Crippen molar-refractivity contribution < 1.29 is 23.3 Å². The minimum atomic E-state index is -0.664. The molecule has 3 rings (SSSR count). The summed E-state index contributed by atoms with van der Waals surface area (Å²) in [7, 11) is -0.664. The minimum absolute atomic E-state index is 0.124. The average molecular weight is 427 g/mol. The van der Waals surface area contributed by atoms with E-state index in [1.54, 1.807) is 32.9 Å². The van der Waals surface area contributed by atoms with Gasteiger partial charge in [0.15, 0.2) is 5.43 Å². The summed E-state index contributed by atoms with van der Waals surface area (Å²) in [4.78, 5) is 24.4. The van der Waals surface area contributed by atoms with Crippen molar-refractivity contribution in [2.24, 2.45) is 0 Å². The molecular weight excluding hydrogens is 397 g/mol. The molecule has 31 heavy (non-hydrogen) atoms. The summed E-state index contributed by atoms with van der Waals surface area (Å²) >= 11 is 0. The van der Waals surface area contributed by atoms with Crippen molar-refractivity contribution in [2.45, 2.75) is 65.3 Å². The molecule has 0 bridgehead atoms. The average Bonchev–Trinajstić information content (AvgIpc) is 2.85. The van der Waals surface area contributed by atoms with Crippen LogP contribution in [0.4, 0.5) is 4.79 Å². The second-order valence-corrected chi connectivity index (χ2v) is 9.70. The van der Waals surface area contributed by atoms with Gasteiger partial charge in [-0.05, 0) is 71.6 Å². The van der Waals surface area contributed by atoms with Crippen LogP contribution in [0, 0.1) is 0 Å². The van der Waals surface area contributed by atoms with Gasteiger partial charge in [-0.25, -0.2) is 4.79 Å². The summed E-state index contributed by atoms with van der Waals surface area (Å²) in [5.74, 6) is 0. The molecule has 1 saturated heterocycles. The Balaban J connectivity index is 1.93. The summed E-state index contributed by atoms with van der Waals surface area (Å²) in [6.07, 6.45) is 2.70. The third kappa shape index (κ3) is 5.38. The molecule has 1 aliphatic rings. The van der Waals surface area contributed by atoms with Gasteiger partial charge in [-0.2, -0.15) is 0 Å². The first-order valence-corrected chi connectivity index (χ1v) is 10.3. The van der Waals surface area contributed by atoms with Gasteiger partial charge in [-0.3, -0.25) is 4.79 Å². The molecule has 0 saturated carbocycles. The number of alkyl carbamates (subject to hydrolysis) is 1. The van der Waals surface area contributed by atoms with Crippen molar-refractivity contribution in [3.05, 3.63) is 51.8 Å². The minimum Gasteiger partial charge on any atom is -0.464 e. The van der Waals surface area contributed by atoms with E-state index in [2.05, 4.69) is 5.32 Å². The largest absolute Gasteiger partial charge is 0.492 e. The number of rotatable bonds is 4. The molecule has 1 aromatic carbocycles. The Bertz CT molecular complexity index is 1050. The maximum atomic E-state index is 12.2. The summed E-state index contributed by atoms with van der Waals surface area (Å²) in [5, 5.41) is 3.25. The Morgan fingerprint density at radius 2 is 1.77 bits per heavy atom. The zero-order valence-corrected chi connectivity index (χ0v) is 19.2. The van der Waals surface area contributed by atoms with Crippen LogP contribution in [0.5, 0.6) is 0 Å². The number of hydrogen-bond donors (Lipinski definition) is 1. The topological polar surface area (TPSA) is 87.0 Å². The third-order valence-corrected chi connectivity index (χ3v) is 5.43. The lowest BCUT2D eigenvalue weighted by Crippen LogP contribution is -2.41. The van der Waals surface area contributed by atoms with Crippen LogP contribution in [0.1, 0.15) is 54.0 Å². The molecule has 8 heteroatoms. The van der Waals surface area contributed by atoms with Crippen LogP contribution >= 0.6 is 0 Å². The predicted molar refractivity (Wildman–Crippen MR) is 121 cm³/mol. The lowest BCUT2D eigenvalue weighted by atomic mass is 9.77. The zero-order chi connectivity index (χ0) is 23.0. The Kier molecular flexibility index (Phi) is 6.08. The highest BCUT2D eigenvalue weighted by atomic mass is 16.7. The number of fused-ring (bicyclic) bond motifs is 1. The van der Waals surface area contributed by atoms with Crippen molar-refractivity contribution in [3.8, 4) is 0 Å². The van der Waals surface area contributed by atoms with E-state index in [1.807, 2.05) is 39.8 Å². The van der Waals surface area contributed by atoms with E-state index in [0.717, 1.165) is 5.56 Å². The highest BCUT2D eigenvalue weighted by molar-refractivity contribution is 6.56. The van der Waals surface area contributed by atoms with E-state index in [9.17, 15) is 9.59 Å². The van der Waals surface area contributed by atoms with Crippen LogP contribution in [0.25, 0.3) is 17.0 Å². The number of carbonyl (C=O) groups excluding carboxylic acids is 1. The summed E-state index contributed by atoms with van der Waals surface area (Å²) in [6.45, 7) is 13.4. The van der Waals surface area contributed by atoms with Gasteiger partial charge in [0.25, 0.3) is 0 Å². The number of ether oxygens (including phenoxy) is 1. The first-order valence-electron chi connectivity index (χ1n) is 10.3. The highest BCUT2D eigenvalue weighted by Crippen LogP contribution is 2.38. The molecule has 0 unspecified atom stereocenters. The third-order valence-electron chi connectivity index (χ3n) is 5.43. The van der Waals surface area contributed by atoms with Crippen LogP contribution in [0.2, 0.25) is 0 Å². The first-order chi connectivity index (χ1) is 14.3. The number of carbonyl (C=O) groups is 1. The van der Waals surface area contributed by atoms with Crippen molar-refractivity contribution >= 4 is 30.3 Å². The quantitative estimate of drug-likeness (QED) is 0.731. The van der Waals surface area contributed by atoms with E-state index in [1.165, 1.54) is 12.3 Å². The van der Waals surface area contributed by atoms with E-state index in [0.29, 0.717) is 16.4 Å². The second kappa shape index (κ2) is 8.17. The summed E-state index contributed by atoms with van der Waals surface area (Å²) in [5.41, 5.74) is 0.172. The van der Waals surface area contributed by atoms with E-state index in [-0.39, 0.29) is 12.0 Å². The van der Waals surface area contributed by atoms with Gasteiger partial charge in [-0.1, -0.05) is 12.1 Å². The summed E-state index contributed by atoms with van der Waals surface area (Å²) < 4.78 is 23.1. The predicted octanol–water partition coefficient (Wildman–Crippen LogP) is 4.33. The van der Waals surface area contributed by atoms with Gasteiger partial charge in [0.05, 0.1) is 22.9 Å². The molecule has 1 N–H and O–H groups in total. The number of nitrogens with one attached hydrogen (secondary N) is 1. The number of benzene rings is 1. The second-order valence-electron chi connectivity index (χ2n) is 9.70. The van der Waals surface area contributed by atoms with E-state index in [4.69, 9.17) is 18.5 Å². The Morgan fingerprint density at radius 1 is 1.13 bits per heavy atom. The molecule has 0 aliphatic carbocycles. The molecule has 1 aliphatic heterocycles. The fourth-order valence-corrected chi connectivity index (χ4v) is 3.09. The van der Waals surface area contributed by atoms with Crippen molar-refractivity contribution in [2.75, 3.05) is 6.54 Å². The van der Waals surface area contributed by atoms with E-state index >= 15 is 0 Å². The van der Waals surface area contributed by atoms with Gasteiger partial charge in [0.2, 0.25) is 0 Å². The Labute approximate surface area is 182 Å². The highest BCUT2D eigenvalue weighted by Gasteiger charge is 2.52. The van der Waals surface area contributed by atoms with Crippen molar-refractivity contribution in [1.82, 2.24) is 5.32 Å². The molecule has 0 spiro atoms. The lowest BCUT2D eigenvalue weighted by molar-refractivity contribution is 0.00578. The Morgan fingerprint density at radius 3 is 2.39 bits per heavy atom. The van der Waals surface area contributed by atoms with Crippen LogP contribution in [-0.4, -0.2) is 36.6 Å². The molecule has 7 nitrogen and oxygen atoms in total. The molecule has 1 fully saturated rings. The van der Waals surface area contributed by atoms with Crippen LogP contribution in [-0.2, 0) is 14.0 Å². The van der Waals surface area contributed by atoms with Crippen molar-refractivity contribution in [3.63, 3.8) is 0 Å². The first kappa shape index (κ1) is 23.1. The standard InChI is InChI=1S/C23H30BNO6/c1-21(2,3)29-20(27)25-14-16(24-30-22(4,5)23(6,7)31-24)12-15-8-9-19-17(13-15)18(26)10-11-28-19/h8-13H,14H2,1-7H3,(H,25,27). The van der Waals surface area contributed by atoms with E-state index < -0.39 is 30.0 Å². The smallest absolute Gasteiger partial charge is 0.464 e. The Hall–Kier alpha value is -2.58. The fraction of sp³-hybridized carbons (Fsp3) is 0.478. The molecule has 2 aromatic rings. The fourth-order valence-electron chi connectivity index (χ4n) is 3.09. The normalized spacial score (nSPS) is 18.3. The number of hydrogen-bond acceptors (Lipinski definition) is 6. The van der Waals surface area contributed by atoms with Gasteiger partial charge < -0.3 is 23.8 Å². The molecule has 0 radical (unpaired) electrons. The zero-order valence-electron chi connectivity index (χ0n) is 19.2. The van der Waals surface area contributed by atoms with Crippen LogP contribution in [0.3, 0.4) is 0 Å². The summed E-state index contributed by atoms with van der Waals surface area (Å²) in [6, 6.07) is 6.71. The lowest BCUT2D eigenvalue weighted by Gasteiger charge is -2.32. The van der Waals surface area contributed by atoms with Gasteiger partial charge in [-0.15, -0.1) is 0 Å². The molecule has 0 atom stereocenters. The monoisotopic (exact) mass is 427 g/mol. The molecule has 2 heterocycles. The van der Waals surface area contributed by atoms with Crippen molar-refractivity contribution in [1.29, 1.82) is 0 Å². The van der Waals surface area contributed by atoms with Gasteiger partial charge >= 0.3 is 13.2 Å². The van der Waals surface area contributed by atoms with Crippen LogP contribution in [0.15, 0.2) is 45.2 Å². The number of amides is 1. The van der Waals surface area contributed by atoms with Gasteiger partial charge in [0, 0.05) is 12.6 Å². The molecule has 1 aromatic heterocycles. The maximum absolute atomic E-state index is 12.2. The molecule has 166 valence electrons. The molecule has 1 amide bonds. The van der Waals surface area contributed by atoms with Gasteiger partial charge in [0.1, 0.15) is 11.2 Å². The SMILES string of the molecule is CC(C)(C)OC(=O)NCC(=Cc1ccc2occc(=O)c2c1)B1OC(C)(C)C(C)(C)O1. The van der Waals surface area contributed by atoms with Crippen LogP contribution < -0.4 is 10.7 Å². The maximum Gasteiger partial charge on any atom is 0.492 e.